The number of anilines is 1. The lowest BCUT2D eigenvalue weighted by molar-refractivity contribution is -0.132. The van der Waals surface area contributed by atoms with Crippen molar-refractivity contribution in [1.29, 1.82) is 0 Å². The highest BCUT2D eigenvalue weighted by molar-refractivity contribution is 8.00. The number of aliphatic hydroxyl groups is 1. The molecule has 45 heavy (non-hydrogen) atoms. The van der Waals surface area contributed by atoms with E-state index in [9.17, 15) is 14.7 Å². The summed E-state index contributed by atoms with van der Waals surface area (Å²) >= 11 is 2.73. The highest BCUT2D eigenvalue weighted by Gasteiger charge is 2.48. The van der Waals surface area contributed by atoms with E-state index in [1.807, 2.05) is 25.1 Å². The molecule has 1 atom stereocenters. The number of benzene rings is 4. The predicted molar refractivity (Wildman–Crippen MR) is 173 cm³/mol. The number of ether oxygens (including phenoxy) is 3. The van der Waals surface area contributed by atoms with Crippen LogP contribution in [-0.2, 0) is 15.3 Å². The number of aliphatic hydroxyl groups excluding tert-OH is 1. The monoisotopic (exact) mass is 637 g/mol. The largest absolute Gasteiger partial charge is 0.507 e. The Kier molecular flexibility index (Phi) is 7.86. The number of carbonyl (C=O) groups is 2. The molecule has 5 aromatic rings. The van der Waals surface area contributed by atoms with Gasteiger partial charge in [0.25, 0.3) is 5.78 Å². The van der Waals surface area contributed by atoms with E-state index in [1.165, 1.54) is 28.0 Å². The third-order valence-electron chi connectivity index (χ3n) is 7.58. The number of aromatic nitrogens is 2. The van der Waals surface area contributed by atoms with Crippen molar-refractivity contribution in [2.24, 2.45) is 0 Å². The zero-order valence-corrected chi connectivity index (χ0v) is 25.8. The second-order valence-electron chi connectivity index (χ2n) is 10.3. The van der Waals surface area contributed by atoms with Crippen LogP contribution in [0.1, 0.15) is 29.7 Å². The smallest absolute Gasteiger partial charge is 0.301 e. The summed E-state index contributed by atoms with van der Waals surface area (Å²) in [6, 6.07) is 25.5. The van der Waals surface area contributed by atoms with E-state index in [0.717, 1.165) is 16.3 Å². The molecule has 4 aromatic carbocycles. The van der Waals surface area contributed by atoms with Crippen LogP contribution in [0.3, 0.4) is 0 Å². The first kappa shape index (κ1) is 28.9. The van der Waals surface area contributed by atoms with E-state index in [0.29, 0.717) is 58.3 Å². The molecule has 0 bridgehead atoms. The molecule has 1 fully saturated rings. The fourth-order valence-electron chi connectivity index (χ4n) is 5.55. The maximum Gasteiger partial charge on any atom is 0.301 e. The molecule has 1 saturated heterocycles. The highest BCUT2D eigenvalue weighted by atomic mass is 32.2. The van der Waals surface area contributed by atoms with Crippen LogP contribution in [0.2, 0.25) is 0 Å². The Morgan fingerprint density at radius 1 is 0.978 bits per heavy atom. The summed E-state index contributed by atoms with van der Waals surface area (Å²) in [5, 5.41) is 22.9. The Bertz CT molecular complexity index is 1970. The second-order valence-corrected chi connectivity index (χ2v) is 12.5. The van der Waals surface area contributed by atoms with Gasteiger partial charge in [0, 0.05) is 11.3 Å². The number of amides is 1. The third-order valence-corrected chi connectivity index (χ3v) is 9.68. The number of hydrogen-bond donors (Lipinski definition) is 1. The van der Waals surface area contributed by atoms with E-state index in [2.05, 4.69) is 34.5 Å². The van der Waals surface area contributed by atoms with Crippen LogP contribution >= 0.6 is 23.1 Å². The molecule has 9 nitrogen and oxygen atoms in total. The van der Waals surface area contributed by atoms with Gasteiger partial charge in [-0.3, -0.25) is 14.5 Å². The fourth-order valence-corrected chi connectivity index (χ4v) is 7.42. The summed E-state index contributed by atoms with van der Waals surface area (Å²) in [7, 11) is 0. The van der Waals surface area contributed by atoms with Crippen LogP contribution in [0.4, 0.5) is 5.13 Å². The summed E-state index contributed by atoms with van der Waals surface area (Å²) in [5.74, 6) is 0.266. The van der Waals surface area contributed by atoms with Gasteiger partial charge in [0.05, 0.1) is 18.2 Å². The van der Waals surface area contributed by atoms with Gasteiger partial charge >= 0.3 is 5.91 Å². The van der Waals surface area contributed by atoms with Crippen molar-refractivity contribution in [2.45, 2.75) is 23.1 Å². The predicted octanol–water partition coefficient (Wildman–Crippen LogP) is 6.78. The number of rotatable bonds is 8. The van der Waals surface area contributed by atoms with Crippen molar-refractivity contribution in [3.05, 3.63) is 107 Å². The molecule has 0 radical (unpaired) electrons. The van der Waals surface area contributed by atoms with Crippen molar-refractivity contribution in [3.8, 4) is 17.2 Å². The molecule has 3 heterocycles. The van der Waals surface area contributed by atoms with Gasteiger partial charge in [0.1, 0.15) is 24.7 Å². The summed E-state index contributed by atoms with van der Waals surface area (Å²) in [6.07, 6.45) is 0. The number of carbonyl (C=O) groups excluding carboxylic acids is 2. The summed E-state index contributed by atoms with van der Waals surface area (Å²) < 4.78 is 17.7. The molecule has 7 rings (SSSR count). The van der Waals surface area contributed by atoms with Gasteiger partial charge in [-0.1, -0.05) is 77.7 Å². The molecular formula is C34H27N3O6S2. The minimum atomic E-state index is -0.970. The van der Waals surface area contributed by atoms with Crippen LogP contribution in [0.15, 0.2) is 94.8 Å². The minimum Gasteiger partial charge on any atom is -0.507 e. The average Bonchev–Trinajstić information content (AvgIpc) is 3.65. The van der Waals surface area contributed by atoms with Crippen LogP contribution in [0.25, 0.3) is 16.5 Å². The maximum absolute atomic E-state index is 13.7. The van der Waals surface area contributed by atoms with Crippen LogP contribution in [0.5, 0.6) is 17.2 Å². The van der Waals surface area contributed by atoms with Crippen molar-refractivity contribution in [3.63, 3.8) is 0 Å². The zero-order valence-electron chi connectivity index (χ0n) is 24.1. The molecule has 2 aliphatic rings. The number of thioether (sulfide) groups is 1. The van der Waals surface area contributed by atoms with Gasteiger partial charge in [0.2, 0.25) is 5.13 Å². The molecule has 1 amide bonds. The minimum absolute atomic E-state index is 0.0644. The summed E-state index contributed by atoms with van der Waals surface area (Å²) in [6.45, 7) is 3.10. The lowest BCUT2D eigenvalue weighted by Crippen LogP contribution is -2.29. The maximum atomic E-state index is 13.7. The van der Waals surface area contributed by atoms with Crippen LogP contribution in [0, 0.1) is 0 Å². The van der Waals surface area contributed by atoms with Gasteiger partial charge in [0.15, 0.2) is 15.8 Å². The first-order valence-corrected chi connectivity index (χ1v) is 16.2. The Morgan fingerprint density at radius 3 is 2.64 bits per heavy atom. The topological polar surface area (TPSA) is 111 Å². The Balaban J connectivity index is 1.26. The number of ketones is 1. The zero-order chi connectivity index (χ0) is 30.9. The highest BCUT2D eigenvalue weighted by Crippen LogP contribution is 2.45. The van der Waals surface area contributed by atoms with Gasteiger partial charge in [-0.05, 0) is 59.2 Å². The van der Waals surface area contributed by atoms with Crippen molar-refractivity contribution < 1.29 is 28.9 Å². The normalized spacial score (nSPS) is 17.2. The van der Waals surface area contributed by atoms with Gasteiger partial charge in [-0.15, -0.1) is 10.2 Å². The van der Waals surface area contributed by atoms with Gasteiger partial charge in [-0.25, -0.2) is 0 Å². The number of hydrogen-bond acceptors (Lipinski definition) is 10. The molecule has 0 unspecified atom stereocenters. The average molecular weight is 638 g/mol. The molecule has 11 heteroatoms. The Morgan fingerprint density at radius 2 is 1.78 bits per heavy atom. The van der Waals surface area contributed by atoms with E-state index in [-0.39, 0.29) is 16.5 Å². The van der Waals surface area contributed by atoms with E-state index < -0.39 is 17.7 Å². The van der Waals surface area contributed by atoms with E-state index in [1.54, 1.807) is 42.5 Å². The summed E-state index contributed by atoms with van der Waals surface area (Å²) in [5.41, 5.74) is 2.00. The molecule has 1 N–H and O–H groups in total. The van der Waals surface area contributed by atoms with E-state index in [4.69, 9.17) is 14.2 Å². The Labute approximate surface area is 267 Å². The molecule has 0 aliphatic carbocycles. The third kappa shape index (κ3) is 5.49. The molecular weight excluding hydrogens is 611 g/mol. The molecule has 1 aromatic heterocycles. The Hall–Kier alpha value is -4.87. The van der Waals surface area contributed by atoms with Crippen LogP contribution in [-0.4, -0.2) is 46.8 Å². The molecule has 0 spiro atoms. The quantitative estimate of drug-likeness (QED) is 0.0647. The molecule has 0 saturated carbocycles. The number of fused-ring (bicyclic) bond motifs is 2. The van der Waals surface area contributed by atoms with E-state index >= 15 is 0 Å². The SMILES string of the molecule is CCOc1cccc([C@@H]2C(=C(O)c3ccc4c(c3)OCCO4)C(=O)C(=O)N2c2nnc(SCc3cccc4ccccc34)s2)c1. The van der Waals surface area contributed by atoms with Crippen molar-refractivity contribution in [1.82, 2.24) is 10.2 Å². The van der Waals surface area contributed by atoms with Gasteiger partial charge in [-0.2, -0.15) is 0 Å². The number of nitrogens with zero attached hydrogens (tertiary/aromatic N) is 3. The first-order valence-electron chi connectivity index (χ1n) is 14.4. The van der Waals surface area contributed by atoms with Crippen LogP contribution < -0.4 is 19.1 Å². The van der Waals surface area contributed by atoms with Gasteiger partial charge < -0.3 is 19.3 Å². The summed E-state index contributed by atoms with van der Waals surface area (Å²) in [4.78, 5) is 28.7. The second kappa shape index (κ2) is 12.3. The standard InChI is InChI=1S/C34H27N3O6S2/c1-2-41-24-11-6-9-21(17-24)29-28(30(38)22-13-14-26-27(18-22)43-16-15-42-26)31(39)32(40)37(29)33-35-36-34(45-33)44-19-23-10-5-8-20-7-3-4-12-25(20)23/h3-14,17-18,29,38H,2,15-16,19H2,1H3/t29-/m1/s1. The number of Topliss-reactive ketones (excluding diaryl/α,β-unsaturated/α-hetero) is 1. The van der Waals surface area contributed by atoms with Crippen molar-refractivity contribution in [2.75, 3.05) is 24.7 Å². The molecule has 2 aliphatic heterocycles. The molecule has 226 valence electrons. The lowest BCUT2D eigenvalue weighted by Gasteiger charge is -2.23. The lowest BCUT2D eigenvalue weighted by atomic mass is 9.95. The fraction of sp³-hybridized carbons (Fsp3) is 0.176. The first-order chi connectivity index (χ1) is 22.0. The van der Waals surface area contributed by atoms with Crippen molar-refractivity contribution >= 4 is 56.5 Å².